The summed E-state index contributed by atoms with van der Waals surface area (Å²) < 4.78 is 19.7. The Morgan fingerprint density at radius 2 is 2.09 bits per heavy atom. The van der Waals surface area contributed by atoms with Crippen molar-refractivity contribution in [2.24, 2.45) is 0 Å². The minimum absolute atomic E-state index is 0.247. The number of carbonyl (C=O) groups excluding carboxylic acids is 1. The number of rotatable bonds is 3. The Morgan fingerprint density at radius 3 is 2.86 bits per heavy atom. The van der Waals surface area contributed by atoms with E-state index in [0.717, 1.165) is 15.4 Å². The lowest BCUT2D eigenvalue weighted by atomic mass is 10.1. The second-order valence-corrected chi connectivity index (χ2v) is 5.92. The van der Waals surface area contributed by atoms with Gasteiger partial charge in [0.05, 0.1) is 0 Å². The van der Waals surface area contributed by atoms with Crippen molar-refractivity contribution >= 4 is 32.8 Å². The lowest BCUT2D eigenvalue weighted by Crippen LogP contribution is -2.23. The molecule has 0 radical (unpaired) electrons. The van der Waals surface area contributed by atoms with Gasteiger partial charge in [-0.3, -0.25) is 4.79 Å². The van der Waals surface area contributed by atoms with Crippen LogP contribution < -0.4 is 5.32 Å². The van der Waals surface area contributed by atoms with Crippen molar-refractivity contribution in [2.75, 3.05) is 0 Å². The highest BCUT2D eigenvalue weighted by atomic mass is 79.9. The molecular formula is C17H13BrFNO2. The molecule has 1 amide bonds. The fourth-order valence-corrected chi connectivity index (χ4v) is 2.68. The van der Waals surface area contributed by atoms with Gasteiger partial charge in [0.2, 0.25) is 0 Å². The van der Waals surface area contributed by atoms with Crippen LogP contribution in [0.15, 0.2) is 51.4 Å². The Hall–Kier alpha value is -2.14. The fraction of sp³-hybridized carbons (Fsp3) is 0.118. The maximum Gasteiger partial charge on any atom is 0.287 e. The molecule has 1 aromatic heterocycles. The number of nitrogens with one attached hydrogen (secondary N) is 1. The number of furan rings is 1. The van der Waals surface area contributed by atoms with Gasteiger partial charge in [-0.15, -0.1) is 0 Å². The van der Waals surface area contributed by atoms with E-state index in [1.165, 1.54) is 12.1 Å². The molecule has 3 aromatic rings. The monoisotopic (exact) mass is 361 g/mol. The van der Waals surface area contributed by atoms with Crippen LogP contribution in [-0.4, -0.2) is 5.91 Å². The maximum absolute atomic E-state index is 13.1. The van der Waals surface area contributed by atoms with Crippen LogP contribution in [0.2, 0.25) is 0 Å². The SMILES string of the molecule is Cc1c(C(=O)NCc2cccc(F)c2)oc2ccc(Br)cc12. The number of hydrogen-bond acceptors (Lipinski definition) is 2. The van der Waals surface area contributed by atoms with Crippen molar-refractivity contribution in [1.29, 1.82) is 0 Å². The summed E-state index contributed by atoms with van der Waals surface area (Å²) in [5, 5.41) is 3.64. The summed E-state index contributed by atoms with van der Waals surface area (Å²) in [4.78, 5) is 12.3. The molecule has 0 saturated carbocycles. The molecule has 1 heterocycles. The van der Waals surface area contributed by atoms with Crippen LogP contribution in [-0.2, 0) is 6.54 Å². The molecule has 0 atom stereocenters. The number of fused-ring (bicyclic) bond motifs is 1. The quantitative estimate of drug-likeness (QED) is 0.742. The Kier molecular flexibility index (Phi) is 3.98. The Bertz CT molecular complexity index is 857. The molecule has 22 heavy (non-hydrogen) atoms. The summed E-state index contributed by atoms with van der Waals surface area (Å²) >= 11 is 3.40. The topological polar surface area (TPSA) is 42.2 Å². The third-order valence-corrected chi connectivity index (χ3v) is 3.94. The lowest BCUT2D eigenvalue weighted by molar-refractivity contribution is 0.0924. The molecule has 1 N–H and O–H groups in total. The predicted octanol–water partition coefficient (Wildman–Crippen LogP) is 4.57. The van der Waals surface area contributed by atoms with Gasteiger partial charge in [0, 0.05) is 22.0 Å². The summed E-state index contributed by atoms with van der Waals surface area (Å²) in [5.41, 5.74) is 2.15. The van der Waals surface area contributed by atoms with Crippen LogP contribution in [0.1, 0.15) is 21.7 Å². The minimum atomic E-state index is -0.323. The van der Waals surface area contributed by atoms with Crippen molar-refractivity contribution in [3.8, 4) is 0 Å². The van der Waals surface area contributed by atoms with Crippen molar-refractivity contribution in [1.82, 2.24) is 5.32 Å². The first-order chi connectivity index (χ1) is 10.5. The highest BCUT2D eigenvalue weighted by molar-refractivity contribution is 9.10. The first-order valence-corrected chi connectivity index (χ1v) is 7.55. The number of carbonyl (C=O) groups is 1. The van der Waals surface area contributed by atoms with Crippen LogP contribution in [0.4, 0.5) is 4.39 Å². The molecule has 0 bridgehead atoms. The lowest BCUT2D eigenvalue weighted by Gasteiger charge is -2.04. The van der Waals surface area contributed by atoms with Crippen molar-refractivity contribution in [2.45, 2.75) is 13.5 Å². The predicted molar refractivity (Wildman–Crippen MR) is 86.2 cm³/mol. The standard InChI is InChI=1S/C17H13BrFNO2/c1-10-14-8-12(18)5-6-15(14)22-16(10)17(21)20-9-11-3-2-4-13(19)7-11/h2-8H,9H2,1H3,(H,20,21). The molecule has 3 rings (SSSR count). The van der Waals surface area contributed by atoms with E-state index in [1.807, 2.05) is 25.1 Å². The van der Waals surface area contributed by atoms with Gasteiger partial charge in [-0.1, -0.05) is 28.1 Å². The van der Waals surface area contributed by atoms with Crippen LogP contribution in [0.25, 0.3) is 11.0 Å². The smallest absolute Gasteiger partial charge is 0.287 e. The summed E-state index contributed by atoms with van der Waals surface area (Å²) in [7, 11) is 0. The van der Waals surface area contributed by atoms with Gasteiger partial charge in [0.25, 0.3) is 5.91 Å². The second kappa shape index (κ2) is 5.93. The largest absolute Gasteiger partial charge is 0.451 e. The summed E-state index contributed by atoms with van der Waals surface area (Å²) in [5.74, 6) is -0.352. The highest BCUT2D eigenvalue weighted by Crippen LogP contribution is 2.28. The Labute approximate surface area is 135 Å². The minimum Gasteiger partial charge on any atom is -0.451 e. The normalized spacial score (nSPS) is 10.9. The third-order valence-electron chi connectivity index (χ3n) is 3.45. The van der Waals surface area contributed by atoms with Crippen molar-refractivity contribution in [3.05, 3.63) is 69.6 Å². The molecule has 3 nitrogen and oxygen atoms in total. The van der Waals surface area contributed by atoms with E-state index in [9.17, 15) is 9.18 Å². The van der Waals surface area contributed by atoms with Crippen LogP contribution >= 0.6 is 15.9 Å². The molecule has 112 valence electrons. The van der Waals surface area contributed by atoms with Crippen LogP contribution in [0, 0.1) is 12.7 Å². The zero-order valence-electron chi connectivity index (χ0n) is 11.8. The second-order valence-electron chi connectivity index (χ2n) is 5.01. The average Bonchev–Trinajstić information content (AvgIpc) is 2.82. The molecule has 0 spiro atoms. The molecule has 0 saturated heterocycles. The Balaban J connectivity index is 1.82. The number of halogens is 2. The van der Waals surface area contributed by atoms with Gasteiger partial charge in [-0.25, -0.2) is 4.39 Å². The van der Waals surface area contributed by atoms with Crippen molar-refractivity contribution in [3.63, 3.8) is 0 Å². The van der Waals surface area contributed by atoms with E-state index in [4.69, 9.17) is 4.42 Å². The first kappa shape index (κ1) is 14.8. The molecule has 0 fully saturated rings. The molecule has 2 aromatic carbocycles. The van der Waals surface area contributed by atoms with Gasteiger partial charge in [0.1, 0.15) is 11.4 Å². The van der Waals surface area contributed by atoms with E-state index in [-0.39, 0.29) is 24.0 Å². The van der Waals surface area contributed by atoms with Gasteiger partial charge < -0.3 is 9.73 Å². The van der Waals surface area contributed by atoms with Crippen molar-refractivity contribution < 1.29 is 13.6 Å². The van der Waals surface area contributed by atoms with E-state index < -0.39 is 0 Å². The van der Waals surface area contributed by atoms with Gasteiger partial charge >= 0.3 is 0 Å². The maximum atomic E-state index is 13.1. The summed E-state index contributed by atoms with van der Waals surface area (Å²) in [6.07, 6.45) is 0. The van der Waals surface area contributed by atoms with Gasteiger partial charge in [-0.05, 0) is 42.8 Å². The van der Waals surface area contributed by atoms with E-state index in [2.05, 4.69) is 21.2 Å². The molecular weight excluding hydrogens is 349 g/mol. The molecule has 5 heteroatoms. The van der Waals surface area contributed by atoms with E-state index >= 15 is 0 Å². The summed E-state index contributed by atoms with van der Waals surface area (Å²) in [6, 6.07) is 11.7. The number of hydrogen-bond donors (Lipinski definition) is 1. The van der Waals surface area contributed by atoms with Crippen LogP contribution in [0.5, 0.6) is 0 Å². The van der Waals surface area contributed by atoms with Gasteiger partial charge in [-0.2, -0.15) is 0 Å². The molecule has 0 unspecified atom stereocenters. The zero-order valence-corrected chi connectivity index (χ0v) is 13.4. The van der Waals surface area contributed by atoms with Crippen LogP contribution in [0.3, 0.4) is 0 Å². The third kappa shape index (κ3) is 2.90. The fourth-order valence-electron chi connectivity index (χ4n) is 2.32. The molecule has 0 aliphatic heterocycles. The summed E-state index contributed by atoms with van der Waals surface area (Å²) in [6.45, 7) is 2.09. The van der Waals surface area contributed by atoms with E-state index in [1.54, 1.807) is 12.1 Å². The number of amides is 1. The number of aryl methyl sites for hydroxylation is 1. The van der Waals surface area contributed by atoms with Gasteiger partial charge in [0.15, 0.2) is 5.76 Å². The Morgan fingerprint density at radius 1 is 1.27 bits per heavy atom. The average molecular weight is 362 g/mol. The highest BCUT2D eigenvalue weighted by Gasteiger charge is 2.17. The van der Waals surface area contributed by atoms with E-state index in [0.29, 0.717) is 11.1 Å². The molecule has 0 aliphatic rings. The number of benzene rings is 2. The first-order valence-electron chi connectivity index (χ1n) is 6.76. The molecule has 0 aliphatic carbocycles. The zero-order chi connectivity index (χ0) is 15.7.